The molecule has 1 saturated heterocycles. The second-order valence-corrected chi connectivity index (χ2v) is 6.13. The standard InChI is InChI=1S/C14H20BrNO3/c1-14(10-13(17)18,11-6-7-12(15)19-11)16-8-4-2-3-5-9-16/h6-7H,2-5,8-10H2,1H3,(H,17,18). The van der Waals surface area contributed by atoms with Crippen molar-refractivity contribution >= 4 is 21.9 Å². The first-order valence-electron chi connectivity index (χ1n) is 6.75. The van der Waals surface area contributed by atoms with Crippen molar-refractivity contribution in [3.8, 4) is 0 Å². The van der Waals surface area contributed by atoms with Crippen LogP contribution in [0, 0.1) is 0 Å². The predicted molar refractivity (Wildman–Crippen MR) is 76.1 cm³/mol. The summed E-state index contributed by atoms with van der Waals surface area (Å²) in [4.78, 5) is 13.5. The summed E-state index contributed by atoms with van der Waals surface area (Å²) in [6, 6.07) is 3.70. The second-order valence-electron chi connectivity index (χ2n) is 5.35. The Hall–Kier alpha value is -0.810. The van der Waals surface area contributed by atoms with Crippen molar-refractivity contribution in [1.29, 1.82) is 0 Å². The summed E-state index contributed by atoms with van der Waals surface area (Å²) < 4.78 is 6.30. The molecular formula is C14H20BrNO3. The number of aliphatic carboxylic acids is 1. The molecule has 1 aliphatic heterocycles. The molecule has 1 aromatic heterocycles. The molecule has 0 bridgehead atoms. The fourth-order valence-corrected chi connectivity index (χ4v) is 3.12. The summed E-state index contributed by atoms with van der Waals surface area (Å²) >= 11 is 3.30. The van der Waals surface area contributed by atoms with Gasteiger partial charge in [-0.15, -0.1) is 0 Å². The van der Waals surface area contributed by atoms with Crippen molar-refractivity contribution in [3.05, 3.63) is 22.6 Å². The summed E-state index contributed by atoms with van der Waals surface area (Å²) in [6.07, 6.45) is 4.75. The van der Waals surface area contributed by atoms with Gasteiger partial charge in [-0.1, -0.05) is 12.8 Å². The molecule has 0 radical (unpaired) electrons. The van der Waals surface area contributed by atoms with Crippen molar-refractivity contribution in [2.75, 3.05) is 13.1 Å². The average Bonchev–Trinajstić information content (AvgIpc) is 2.63. The van der Waals surface area contributed by atoms with Crippen LogP contribution in [0.4, 0.5) is 0 Å². The van der Waals surface area contributed by atoms with E-state index in [9.17, 15) is 9.90 Å². The highest BCUT2D eigenvalue weighted by atomic mass is 79.9. The molecule has 1 unspecified atom stereocenters. The van der Waals surface area contributed by atoms with Gasteiger partial charge in [-0.3, -0.25) is 9.69 Å². The lowest BCUT2D eigenvalue weighted by Crippen LogP contribution is -2.45. The van der Waals surface area contributed by atoms with E-state index in [1.165, 1.54) is 12.8 Å². The van der Waals surface area contributed by atoms with E-state index >= 15 is 0 Å². The topological polar surface area (TPSA) is 53.7 Å². The number of furan rings is 1. The number of hydrogen-bond acceptors (Lipinski definition) is 3. The average molecular weight is 330 g/mol. The van der Waals surface area contributed by atoms with Gasteiger partial charge < -0.3 is 9.52 Å². The molecule has 1 fully saturated rings. The highest BCUT2D eigenvalue weighted by Crippen LogP contribution is 2.35. The lowest BCUT2D eigenvalue weighted by atomic mass is 9.91. The Kier molecular flexibility index (Phi) is 4.68. The monoisotopic (exact) mass is 329 g/mol. The molecule has 5 heteroatoms. The van der Waals surface area contributed by atoms with Crippen LogP contribution in [0.5, 0.6) is 0 Å². The maximum Gasteiger partial charge on any atom is 0.305 e. The maximum atomic E-state index is 11.2. The molecule has 2 rings (SSSR count). The second kappa shape index (κ2) is 6.09. The minimum Gasteiger partial charge on any atom is -0.481 e. The number of nitrogens with zero attached hydrogens (tertiary/aromatic N) is 1. The van der Waals surface area contributed by atoms with Gasteiger partial charge in [-0.2, -0.15) is 0 Å². The molecule has 1 aromatic rings. The molecule has 0 aromatic carbocycles. The van der Waals surface area contributed by atoms with E-state index in [0.29, 0.717) is 4.67 Å². The predicted octanol–water partition coefficient (Wildman–Crippen LogP) is 3.61. The summed E-state index contributed by atoms with van der Waals surface area (Å²) in [6.45, 7) is 3.84. The molecule has 1 N–H and O–H groups in total. The Bertz CT molecular complexity index is 438. The van der Waals surface area contributed by atoms with Crippen LogP contribution in [0.25, 0.3) is 0 Å². The molecular weight excluding hydrogens is 310 g/mol. The number of carboxylic acid groups (broad SMARTS) is 1. The number of hydrogen-bond donors (Lipinski definition) is 1. The van der Waals surface area contributed by atoms with Gasteiger partial charge >= 0.3 is 5.97 Å². The SMILES string of the molecule is CC(CC(=O)O)(c1ccc(Br)o1)N1CCCCCC1. The quantitative estimate of drug-likeness (QED) is 0.916. The van der Waals surface area contributed by atoms with Crippen LogP contribution in [0.1, 0.15) is 44.8 Å². The Morgan fingerprint density at radius 1 is 1.37 bits per heavy atom. The number of rotatable bonds is 4. The van der Waals surface area contributed by atoms with Gasteiger partial charge in [0.15, 0.2) is 4.67 Å². The minimum absolute atomic E-state index is 0.0625. The Morgan fingerprint density at radius 2 is 2.00 bits per heavy atom. The van der Waals surface area contributed by atoms with Crippen molar-refractivity contribution in [2.24, 2.45) is 0 Å². The van der Waals surface area contributed by atoms with E-state index in [1.54, 1.807) is 0 Å². The smallest absolute Gasteiger partial charge is 0.305 e. The molecule has 0 spiro atoms. The molecule has 2 heterocycles. The van der Waals surface area contributed by atoms with Crippen LogP contribution < -0.4 is 0 Å². The normalized spacial score (nSPS) is 20.7. The third-order valence-corrected chi connectivity index (χ3v) is 4.33. The molecule has 0 aliphatic carbocycles. The van der Waals surface area contributed by atoms with E-state index in [1.807, 2.05) is 19.1 Å². The van der Waals surface area contributed by atoms with E-state index in [2.05, 4.69) is 20.8 Å². The van der Waals surface area contributed by atoms with Crippen LogP contribution in [-0.4, -0.2) is 29.1 Å². The summed E-state index contributed by atoms with van der Waals surface area (Å²) in [5.74, 6) is -0.0667. The largest absolute Gasteiger partial charge is 0.481 e. The zero-order valence-corrected chi connectivity index (χ0v) is 12.8. The van der Waals surface area contributed by atoms with E-state index in [4.69, 9.17) is 4.42 Å². The lowest BCUT2D eigenvalue weighted by molar-refractivity contribution is -0.141. The molecule has 106 valence electrons. The van der Waals surface area contributed by atoms with Crippen LogP contribution in [-0.2, 0) is 10.3 Å². The summed E-state index contributed by atoms with van der Waals surface area (Å²) in [5, 5.41) is 9.24. The van der Waals surface area contributed by atoms with Gasteiger partial charge in [-0.05, 0) is 60.9 Å². The van der Waals surface area contributed by atoms with Crippen molar-refractivity contribution in [1.82, 2.24) is 4.90 Å². The van der Waals surface area contributed by atoms with Gasteiger partial charge in [0.25, 0.3) is 0 Å². The molecule has 0 amide bonds. The molecule has 0 saturated carbocycles. The van der Waals surface area contributed by atoms with Crippen LogP contribution >= 0.6 is 15.9 Å². The minimum atomic E-state index is -0.792. The Labute approximate surface area is 121 Å². The fourth-order valence-electron chi connectivity index (χ4n) is 2.82. The van der Waals surface area contributed by atoms with Crippen LogP contribution in [0.2, 0.25) is 0 Å². The first-order valence-corrected chi connectivity index (χ1v) is 7.54. The van der Waals surface area contributed by atoms with Crippen molar-refractivity contribution < 1.29 is 14.3 Å². The highest BCUT2D eigenvalue weighted by molar-refractivity contribution is 9.10. The zero-order valence-electron chi connectivity index (χ0n) is 11.2. The fraction of sp³-hybridized carbons (Fsp3) is 0.643. The first-order chi connectivity index (χ1) is 9.02. The van der Waals surface area contributed by atoms with Crippen molar-refractivity contribution in [2.45, 2.75) is 44.6 Å². The molecule has 19 heavy (non-hydrogen) atoms. The van der Waals surface area contributed by atoms with Gasteiger partial charge in [0, 0.05) is 0 Å². The Morgan fingerprint density at radius 3 is 2.47 bits per heavy atom. The van der Waals surface area contributed by atoms with Gasteiger partial charge in [0.05, 0.1) is 12.0 Å². The zero-order chi connectivity index (χ0) is 13.9. The van der Waals surface area contributed by atoms with Gasteiger partial charge in [-0.25, -0.2) is 0 Å². The van der Waals surface area contributed by atoms with E-state index in [-0.39, 0.29) is 6.42 Å². The Balaban J connectivity index is 2.29. The van der Waals surface area contributed by atoms with Crippen LogP contribution in [0.15, 0.2) is 21.2 Å². The lowest BCUT2D eigenvalue weighted by Gasteiger charge is -2.38. The van der Waals surface area contributed by atoms with E-state index < -0.39 is 11.5 Å². The molecule has 4 nitrogen and oxygen atoms in total. The summed E-state index contributed by atoms with van der Waals surface area (Å²) in [7, 11) is 0. The number of likely N-dealkylation sites (tertiary alicyclic amines) is 1. The summed E-state index contributed by atoms with van der Waals surface area (Å²) in [5.41, 5.74) is -0.567. The van der Waals surface area contributed by atoms with Crippen LogP contribution in [0.3, 0.4) is 0 Å². The molecule has 1 aliphatic rings. The van der Waals surface area contributed by atoms with E-state index in [0.717, 1.165) is 31.7 Å². The first kappa shape index (κ1) is 14.6. The number of carboxylic acids is 1. The number of carbonyl (C=O) groups is 1. The highest BCUT2D eigenvalue weighted by Gasteiger charge is 2.38. The third kappa shape index (κ3) is 3.39. The van der Waals surface area contributed by atoms with Gasteiger partial charge in [0.1, 0.15) is 5.76 Å². The van der Waals surface area contributed by atoms with Crippen molar-refractivity contribution in [3.63, 3.8) is 0 Å². The number of halogens is 1. The maximum absolute atomic E-state index is 11.2. The third-order valence-electron chi connectivity index (χ3n) is 3.90. The molecule has 1 atom stereocenters. The van der Waals surface area contributed by atoms with Gasteiger partial charge in [0.2, 0.25) is 0 Å².